The molecule has 0 aliphatic heterocycles. The number of rotatable bonds is 5. The summed E-state index contributed by atoms with van der Waals surface area (Å²) in [7, 11) is -3.63. The molecular weight excluding hydrogens is 416 g/mol. The van der Waals surface area contributed by atoms with Crippen LogP contribution in [0.4, 0.5) is 0 Å². The molecule has 3 aromatic carbocycles. The van der Waals surface area contributed by atoms with Crippen molar-refractivity contribution in [1.82, 2.24) is 9.29 Å². The van der Waals surface area contributed by atoms with Crippen LogP contribution in [-0.4, -0.2) is 18.4 Å². The van der Waals surface area contributed by atoms with E-state index in [1.54, 1.807) is 18.3 Å². The smallest absolute Gasteiger partial charge is 0.268 e. The normalized spacial score (nSPS) is 17.2. The highest BCUT2D eigenvalue weighted by molar-refractivity contribution is 7.90. The Morgan fingerprint density at radius 3 is 2.47 bits per heavy atom. The van der Waals surface area contributed by atoms with Crippen molar-refractivity contribution in [3.63, 3.8) is 0 Å². The molecule has 4 nitrogen and oxygen atoms in total. The Bertz CT molecular complexity index is 1360. The van der Waals surface area contributed by atoms with Crippen molar-refractivity contribution >= 4 is 20.9 Å². The minimum Gasteiger partial charge on any atom is -0.307 e. The molecule has 2 atom stereocenters. The standard InChI is InChI=1S/C27H28N2O2S/c1-19-8-13-24(14-9-19)32(30,31)29-17-16-25-26-18-23(12-10-22(26)11-15-27(25)29)28-20(2)21-6-4-3-5-7-21/h3-9,11,13-17,20,23,28H,10,12,18H2,1-2H3/t20-,23-/m0/s1. The first-order valence-corrected chi connectivity index (χ1v) is 12.6. The first-order chi connectivity index (χ1) is 15.4. The molecule has 1 heterocycles. The highest BCUT2D eigenvalue weighted by Gasteiger charge is 2.25. The van der Waals surface area contributed by atoms with Gasteiger partial charge in [-0.3, -0.25) is 0 Å². The zero-order valence-corrected chi connectivity index (χ0v) is 19.3. The van der Waals surface area contributed by atoms with Crippen molar-refractivity contribution < 1.29 is 8.42 Å². The third kappa shape index (κ3) is 3.76. The van der Waals surface area contributed by atoms with Gasteiger partial charge in [-0.25, -0.2) is 12.4 Å². The van der Waals surface area contributed by atoms with Gasteiger partial charge in [-0.15, -0.1) is 0 Å². The molecule has 1 aliphatic rings. The topological polar surface area (TPSA) is 51.1 Å². The lowest BCUT2D eigenvalue weighted by Crippen LogP contribution is -2.36. The Morgan fingerprint density at radius 1 is 0.969 bits per heavy atom. The lowest BCUT2D eigenvalue weighted by atomic mass is 9.86. The lowest BCUT2D eigenvalue weighted by molar-refractivity contribution is 0.415. The average Bonchev–Trinajstić information content (AvgIpc) is 3.25. The van der Waals surface area contributed by atoms with E-state index in [1.807, 2.05) is 37.3 Å². The second-order valence-corrected chi connectivity index (χ2v) is 10.6. The highest BCUT2D eigenvalue weighted by atomic mass is 32.2. The summed E-state index contributed by atoms with van der Waals surface area (Å²) in [5.74, 6) is 0. The lowest BCUT2D eigenvalue weighted by Gasteiger charge is -2.29. The first kappa shape index (κ1) is 21.0. The van der Waals surface area contributed by atoms with Crippen LogP contribution in [0.5, 0.6) is 0 Å². The summed E-state index contributed by atoms with van der Waals surface area (Å²) in [6, 6.07) is 24.2. The summed E-state index contributed by atoms with van der Waals surface area (Å²) in [6.07, 6.45) is 4.68. The molecule has 0 spiro atoms. The number of aromatic nitrogens is 1. The zero-order chi connectivity index (χ0) is 22.3. The van der Waals surface area contributed by atoms with Gasteiger partial charge < -0.3 is 5.32 Å². The molecule has 1 aromatic heterocycles. The van der Waals surface area contributed by atoms with E-state index >= 15 is 0 Å². The van der Waals surface area contributed by atoms with Gasteiger partial charge in [-0.1, -0.05) is 54.1 Å². The molecule has 0 saturated heterocycles. The molecule has 0 saturated carbocycles. The molecule has 1 aliphatic carbocycles. The van der Waals surface area contributed by atoms with Crippen LogP contribution in [0, 0.1) is 6.92 Å². The zero-order valence-electron chi connectivity index (χ0n) is 18.5. The van der Waals surface area contributed by atoms with E-state index in [4.69, 9.17) is 0 Å². The van der Waals surface area contributed by atoms with Gasteiger partial charge in [0, 0.05) is 23.7 Å². The van der Waals surface area contributed by atoms with Crippen molar-refractivity contribution in [3.05, 3.63) is 101 Å². The number of nitrogens with one attached hydrogen (secondary N) is 1. The van der Waals surface area contributed by atoms with Gasteiger partial charge >= 0.3 is 0 Å². The Hall–Kier alpha value is -2.89. The second-order valence-electron chi connectivity index (χ2n) is 8.80. The molecule has 1 N–H and O–H groups in total. The number of fused-ring (bicyclic) bond motifs is 3. The quantitative estimate of drug-likeness (QED) is 0.449. The van der Waals surface area contributed by atoms with E-state index in [2.05, 4.69) is 42.6 Å². The van der Waals surface area contributed by atoms with Crippen LogP contribution in [0.3, 0.4) is 0 Å². The first-order valence-electron chi connectivity index (χ1n) is 11.2. The van der Waals surface area contributed by atoms with Gasteiger partial charge in [0.2, 0.25) is 0 Å². The number of benzene rings is 3. The fourth-order valence-corrected chi connectivity index (χ4v) is 6.17. The van der Waals surface area contributed by atoms with E-state index in [0.29, 0.717) is 10.9 Å². The van der Waals surface area contributed by atoms with E-state index in [9.17, 15) is 8.42 Å². The van der Waals surface area contributed by atoms with Gasteiger partial charge in [0.05, 0.1) is 10.4 Å². The van der Waals surface area contributed by atoms with Gasteiger partial charge in [0.25, 0.3) is 10.0 Å². The molecule has 4 aromatic rings. The van der Waals surface area contributed by atoms with Gasteiger partial charge in [0.15, 0.2) is 0 Å². The molecule has 5 heteroatoms. The number of hydrogen-bond acceptors (Lipinski definition) is 3. The minimum atomic E-state index is -3.63. The predicted molar refractivity (Wildman–Crippen MR) is 130 cm³/mol. The van der Waals surface area contributed by atoms with Crippen LogP contribution in [-0.2, 0) is 22.9 Å². The third-order valence-corrected chi connectivity index (χ3v) is 8.33. The Balaban J connectivity index is 1.46. The van der Waals surface area contributed by atoms with Crippen LogP contribution in [0.1, 0.15) is 41.6 Å². The van der Waals surface area contributed by atoms with E-state index in [0.717, 1.165) is 35.7 Å². The molecule has 164 valence electrons. The summed E-state index contributed by atoms with van der Waals surface area (Å²) in [5.41, 5.74) is 5.67. The SMILES string of the molecule is Cc1ccc(S(=O)(=O)n2ccc3c4c(ccc32)CC[C@H](N[C@@H](C)c2ccccc2)C4)cc1. The van der Waals surface area contributed by atoms with Crippen LogP contribution >= 0.6 is 0 Å². The largest absolute Gasteiger partial charge is 0.307 e. The fraction of sp³-hybridized carbons (Fsp3) is 0.259. The van der Waals surface area contributed by atoms with Crippen LogP contribution in [0.2, 0.25) is 0 Å². The van der Waals surface area contributed by atoms with Crippen molar-refractivity contribution in [3.8, 4) is 0 Å². The van der Waals surface area contributed by atoms with Crippen molar-refractivity contribution in [1.29, 1.82) is 0 Å². The van der Waals surface area contributed by atoms with Crippen LogP contribution < -0.4 is 5.32 Å². The Labute approximate surface area is 190 Å². The molecule has 0 fully saturated rings. The Morgan fingerprint density at radius 2 is 1.72 bits per heavy atom. The molecular formula is C27H28N2O2S. The maximum atomic E-state index is 13.3. The van der Waals surface area contributed by atoms with E-state index in [-0.39, 0.29) is 6.04 Å². The molecule has 0 amide bonds. The van der Waals surface area contributed by atoms with Crippen LogP contribution in [0.25, 0.3) is 10.9 Å². The average molecular weight is 445 g/mol. The predicted octanol–water partition coefficient (Wildman–Crippen LogP) is 5.39. The van der Waals surface area contributed by atoms with Crippen molar-refractivity contribution in [2.24, 2.45) is 0 Å². The third-order valence-electron chi connectivity index (χ3n) is 6.62. The molecule has 0 radical (unpaired) electrons. The van der Waals surface area contributed by atoms with Crippen LogP contribution in [0.15, 0.2) is 83.9 Å². The minimum absolute atomic E-state index is 0.272. The maximum Gasteiger partial charge on any atom is 0.268 e. The second kappa shape index (κ2) is 8.23. The molecule has 5 rings (SSSR count). The Kier molecular flexibility index (Phi) is 5.39. The summed E-state index contributed by atoms with van der Waals surface area (Å²) >= 11 is 0. The van der Waals surface area contributed by atoms with Crippen molar-refractivity contribution in [2.75, 3.05) is 0 Å². The van der Waals surface area contributed by atoms with E-state index in [1.165, 1.54) is 20.7 Å². The summed E-state index contributed by atoms with van der Waals surface area (Å²) in [6.45, 7) is 4.16. The monoisotopic (exact) mass is 444 g/mol. The van der Waals surface area contributed by atoms with Crippen molar-refractivity contribution in [2.45, 2.75) is 50.1 Å². The van der Waals surface area contributed by atoms with Gasteiger partial charge in [0.1, 0.15) is 0 Å². The van der Waals surface area contributed by atoms with Gasteiger partial charge in [-0.05, 0) is 74.1 Å². The summed E-state index contributed by atoms with van der Waals surface area (Å²) in [4.78, 5) is 0.314. The number of aryl methyl sites for hydroxylation is 2. The molecule has 0 unspecified atom stereocenters. The maximum absolute atomic E-state index is 13.3. The number of hydrogen-bond donors (Lipinski definition) is 1. The fourth-order valence-electron chi connectivity index (χ4n) is 4.82. The summed E-state index contributed by atoms with van der Waals surface area (Å²) in [5, 5.41) is 4.82. The highest BCUT2D eigenvalue weighted by Crippen LogP contribution is 2.32. The molecule has 32 heavy (non-hydrogen) atoms. The number of nitrogens with zero attached hydrogens (tertiary/aromatic N) is 1. The van der Waals surface area contributed by atoms with Gasteiger partial charge in [-0.2, -0.15) is 0 Å². The van der Waals surface area contributed by atoms with E-state index < -0.39 is 10.0 Å². The molecule has 0 bridgehead atoms. The summed E-state index contributed by atoms with van der Waals surface area (Å²) < 4.78 is 28.0.